The third-order valence-electron chi connectivity index (χ3n) is 2.46. The van der Waals surface area contributed by atoms with E-state index in [0.717, 1.165) is 12.0 Å². The molecule has 1 aromatic heterocycles. The highest BCUT2D eigenvalue weighted by Gasteiger charge is 2.05. The molecule has 0 N–H and O–H groups in total. The Morgan fingerprint density at radius 3 is 2.71 bits per heavy atom. The van der Waals surface area contributed by atoms with Crippen LogP contribution in [0.2, 0.25) is 0 Å². The molecule has 0 saturated carbocycles. The van der Waals surface area contributed by atoms with Crippen molar-refractivity contribution < 1.29 is 13.9 Å². The lowest BCUT2D eigenvalue weighted by molar-refractivity contribution is 0.109. The fraction of sp³-hybridized carbons (Fsp3) is 0.231. The Bertz CT molecular complexity index is 488. The second-order valence-corrected chi connectivity index (χ2v) is 3.62. The lowest BCUT2D eigenvalue weighted by Crippen LogP contribution is -1.93. The van der Waals surface area contributed by atoms with E-state index < -0.39 is 0 Å². The first-order valence-corrected chi connectivity index (χ1v) is 5.32. The van der Waals surface area contributed by atoms with Crippen LogP contribution in [0.1, 0.15) is 16.2 Å². The van der Waals surface area contributed by atoms with Gasteiger partial charge in [0.15, 0.2) is 5.76 Å². The highest BCUT2D eigenvalue weighted by molar-refractivity contribution is 5.69. The fourth-order valence-corrected chi connectivity index (χ4v) is 1.53. The van der Waals surface area contributed by atoms with Crippen LogP contribution in [0.4, 0.5) is 0 Å². The zero-order chi connectivity index (χ0) is 12.1. The Kier molecular flexibility index (Phi) is 3.67. The van der Waals surface area contributed by atoms with E-state index in [1.807, 2.05) is 24.3 Å². The van der Waals surface area contributed by atoms with Crippen LogP contribution in [-0.2, 0) is 11.2 Å². The van der Waals surface area contributed by atoms with Gasteiger partial charge < -0.3 is 9.15 Å². The number of carbonyl (C=O) groups is 1. The minimum absolute atomic E-state index is 0.100. The summed E-state index contributed by atoms with van der Waals surface area (Å²) in [7, 11) is 1.68. The van der Waals surface area contributed by atoms with Crippen LogP contribution < -0.4 is 0 Å². The molecule has 2 aromatic rings. The topological polar surface area (TPSA) is 52.3 Å². The van der Waals surface area contributed by atoms with E-state index >= 15 is 0 Å². The molecule has 4 nitrogen and oxygen atoms in total. The molecule has 0 unspecified atom stereocenters. The van der Waals surface area contributed by atoms with Crippen LogP contribution in [0.15, 0.2) is 34.9 Å². The van der Waals surface area contributed by atoms with Crippen LogP contribution in [-0.4, -0.2) is 25.0 Å². The third kappa shape index (κ3) is 2.79. The van der Waals surface area contributed by atoms with Crippen molar-refractivity contribution in [3.8, 4) is 11.3 Å². The van der Waals surface area contributed by atoms with Gasteiger partial charge in [-0.05, 0) is 12.0 Å². The number of ether oxygens (including phenoxy) is 1. The number of aldehydes is 1. The molecular formula is C13H13NO3. The quantitative estimate of drug-likeness (QED) is 0.741. The summed E-state index contributed by atoms with van der Waals surface area (Å²) in [5, 5.41) is 0. The average molecular weight is 231 g/mol. The summed E-state index contributed by atoms with van der Waals surface area (Å²) >= 11 is 0. The molecule has 1 heterocycles. The summed E-state index contributed by atoms with van der Waals surface area (Å²) in [5.74, 6) is 0.703. The van der Waals surface area contributed by atoms with Crippen molar-refractivity contribution in [2.24, 2.45) is 0 Å². The fourth-order valence-electron chi connectivity index (χ4n) is 1.53. The zero-order valence-corrected chi connectivity index (χ0v) is 9.55. The second kappa shape index (κ2) is 5.41. The molecule has 0 spiro atoms. The maximum absolute atomic E-state index is 10.5. The lowest BCUT2D eigenvalue weighted by atomic mass is 10.1. The van der Waals surface area contributed by atoms with Gasteiger partial charge in [0.1, 0.15) is 0 Å². The van der Waals surface area contributed by atoms with E-state index in [4.69, 9.17) is 9.15 Å². The predicted octanol–water partition coefficient (Wildman–Crippen LogP) is 2.34. The summed E-state index contributed by atoms with van der Waals surface area (Å²) in [4.78, 5) is 14.3. The number of carbonyl (C=O) groups excluding carboxylic acids is 1. The van der Waals surface area contributed by atoms with E-state index in [1.165, 1.54) is 5.56 Å². The van der Waals surface area contributed by atoms with Crippen molar-refractivity contribution in [2.75, 3.05) is 13.7 Å². The average Bonchev–Trinajstić information content (AvgIpc) is 2.86. The number of rotatable bonds is 5. The number of aromatic nitrogens is 1. The Hall–Kier alpha value is -1.94. The Morgan fingerprint density at radius 1 is 1.35 bits per heavy atom. The van der Waals surface area contributed by atoms with Gasteiger partial charge in [-0.3, -0.25) is 4.79 Å². The minimum Gasteiger partial charge on any atom is -0.434 e. The second-order valence-electron chi connectivity index (χ2n) is 3.62. The highest BCUT2D eigenvalue weighted by atomic mass is 16.5. The maximum atomic E-state index is 10.5. The summed E-state index contributed by atoms with van der Waals surface area (Å²) in [6, 6.07) is 7.91. The molecule has 4 heteroatoms. The van der Waals surface area contributed by atoms with Crippen molar-refractivity contribution in [3.63, 3.8) is 0 Å². The Balaban J connectivity index is 2.14. The van der Waals surface area contributed by atoms with Crippen molar-refractivity contribution in [3.05, 3.63) is 41.9 Å². The zero-order valence-electron chi connectivity index (χ0n) is 9.55. The van der Waals surface area contributed by atoms with Crippen molar-refractivity contribution in [2.45, 2.75) is 6.42 Å². The van der Waals surface area contributed by atoms with Gasteiger partial charge in [-0.25, -0.2) is 4.98 Å². The van der Waals surface area contributed by atoms with Crippen LogP contribution in [0, 0.1) is 0 Å². The van der Waals surface area contributed by atoms with Crippen molar-refractivity contribution in [1.29, 1.82) is 0 Å². The predicted molar refractivity (Wildman–Crippen MR) is 62.9 cm³/mol. The van der Waals surface area contributed by atoms with Gasteiger partial charge in [0.2, 0.25) is 6.29 Å². The Labute approximate surface area is 99.2 Å². The van der Waals surface area contributed by atoms with E-state index in [0.29, 0.717) is 18.7 Å². The molecule has 0 aliphatic rings. The molecule has 88 valence electrons. The first-order chi connectivity index (χ1) is 8.33. The molecule has 17 heavy (non-hydrogen) atoms. The normalized spacial score (nSPS) is 10.4. The van der Waals surface area contributed by atoms with E-state index in [1.54, 1.807) is 13.3 Å². The number of hydrogen-bond donors (Lipinski definition) is 0. The number of hydrogen-bond acceptors (Lipinski definition) is 4. The first kappa shape index (κ1) is 11.5. The van der Waals surface area contributed by atoms with Gasteiger partial charge in [-0.15, -0.1) is 0 Å². The van der Waals surface area contributed by atoms with Gasteiger partial charge in [0.05, 0.1) is 12.8 Å². The molecule has 0 bridgehead atoms. The first-order valence-electron chi connectivity index (χ1n) is 5.32. The van der Waals surface area contributed by atoms with Crippen molar-refractivity contribution in [1.82, 2.24) is 4.98 Å². The smallest absolute Gasteiger partial charge is 0.260 e. The van der Waals surface area contributed by atoms with Gasteiger partial charge in [0.25, 0.3) is 5.89 Å². The molecule has 0 amide bonds. The molecule has 0 aliphatic heterocycles. The van der Waals surface area contributed by atoms with E-state index in [9.17, 15) is 4.79 Å². The van der Waals surface area contributed by atoms with Crippen LogP contribution in [0.25, 0.3) is 11.3 Å². The SMILES string of the molecule is COCCc1ccc(-c2cnc(C=O)o2)cc1. The molecule has 0 saturated heterocycles. The number of nitrogens with zero attached hydrogens (tertiary/aromatic N) is 1. The van der Waals surface area contributed by atoms with Crippen molar-refractivity contribution >= 4 is 6.29 Å². The third-order valence-corrected chi connectivity index (χ3v) is 2.46. The lowest BCUT2D eigenvalue weighted by Gasteiger charge is -2.01. The largest absolute Gasteiger partial charge is 0.434 e. The summed E-state index contributed by atoms with van der Waals surface area (Å²) < 4.78 is 10.2. The van der Waals surface area contributed by atoms with Crippen LogP contribution in [0.3, 0.4) is 0 Å². The maximum Gasteiger partial charge on any atom is 0.260 e. The monoisotopic (exact) mass is 231 g/mol. The number of oxazole rings is 1. The molecule has 0 aliphatic carbocycles. The number of methoxy groups -OCH3 is 1. The summed E-state index contributed by atoms with van der Waals surface area (Å²) in [6.07, 6.45) is 3.02. The highest BCUT2D eigenvalue weighted by Crippen LogP contribution is 2.20. The molecule has 0 atom stereocenters. The minimum atomic E-state index is 0.100. The molecule has 0 radical (unpaired) electrons. The van der Waals surface area contributed by atoms with E-state index in [2.05, 4.69) is 4.98 Å². The molecule has 0 fully saturated rings. The van der Waals surface area contributed by atoms with Gasteiger partial charge in [-0.1, -0.05) is 24.3 Å². The van der Waals surface area contributed by atoms with Gasteiger partial charge >= 0.3 is 0 Å². The molecular weight excluding hydrogens is 218 g/mol. The number of benzene rings is 1. The molecule has 1 aromatic carbocycles. The summed E-state index contributed by atoms with van der Waals surface area (Å²) in [6.45, 7) is 0.705. The van der Waals surface area contributed by atoms with Gasteiger partial charge in [-0.2, -0.15) is 0 Å². The molecule has 2 rings (SSSR count). The van der Waals surface area contributed by atoms with Gasteiger partial charge in [0, 0.05) is 12.7 Å². The Morgan fingerprint density at radius 2 is 2.12 bits per heavy atom. The van der Waals surface area contributed by atoms with Crippen LogP contribution >= 0.6 is 0 Å². The van der Waals surface area contributed by atoms with E-state index in [-0.39, 0.29) is 5.89 Å². The van der Waals surface area contributed by atoms with Crippen LogP contribution in [0.5, 0.6) is 0 Å². The standard InChI is InChI=1S/C13H13NO3/c1-16-7-6-10-2-4-11(5-3-10)12-8-14-13(9-15)17-12/h2-5,8-9H,6-7H2,1H3. The summed E-state index contributed by atoms with van der Waals surface area (Å²) in [5.41, 5.74) is 2.11.